The zero-order valence-electron chi connectivity index (χ0n) is 12.0. The molecule has 0 spiro atoms. The first-order valence-corrected chi connectivity index (χ1v) is 7.65. The van der Waals surface area contributed by atoms with E-state index in [-0.39, 0.29) is 17.2 Å². The summed E-state index contributed by atoms with van der Waals surface area (Å²) < 4.78 is 0. The van der Waals surface area contributed by atoms with Gasteiger partial charge in [-0.3, -0.25) is 9.59 Å². The molecule has 0 aromatic rings. The van der Waals surface area contributed by atoms with Gasteiger partial charge in [0, 0.05) is 11.8 Å². The van der Waals surface area contributed by atoms with E-state index >= 15 is 0 Å². The van der Waals surface area contributed by atoms with Crippen molar-refractivity contribution in [2.45, 2.75) is 77.0 Å². The number of unbranched alkanes of at least 4 members (excludes halogenated alkanes) is 4. The van der Waals surface area contributed by atoms with E-state index in [1.807, 2.05) is 0 Å². The lowest BCUT2D eigenvalue weighted by Crippen LogP contribution is -2.38. The van der Waals surface area contributed by atoms with Crippen molar-refractivity contribution in [3.63, 3.8) is 0 Å². The zero-order chi connectivity index (χ0) is 14.1. The van der Waals surface area contributed by atoms with Crippen molar-refractivity contribution in [2.24, 2.45) is 16.9 Å². The van der Waals surface area contributed by atoms with Crippen LogP contribution < -0.4 is 11.5 Å². The monoisotopic (exact) mass is 268 g/mol. The maximum absolute atomic E-state index is 11.7. The average molecular weight is 268 g/mol. The second-order valence-electron chi connectivity index (χ2n) is 5.94. The Labute approximate surface area is 116 Å². The van der Waals surface area contributed by atoms with Crippen LogP contribution in [0.15, 0.2) is 0 Å². The van der Waals surface area contributed by atoms with Crippen LogP contribution in [0.4, 0.5) is 0 Å². The van der Waals surface area contributed by atoms with Crippen LogP contribution in [0.2, 0.25) is 0 Å². The Kier molecular flexibility index (Phi) is 6.89. The van der Waals surface area contributed by atoms with E-state index in [9.17, 15) is 9.59 Å². The van der Waals surface area contributed by atoms with Gasteiger partial charge in [0.2, 0.25) is 11.8 Å². The fourth-order valence-electron chi connectivity index (χ4n) is 3.14. The highest BCUT2D eigenvalue weighted by molar-refractivity contribution is 5.80. The molecule has 0 aromatic heterocycles. The van der Waals surface area contributed by atoms with E-state index in [1.54, 1.807) is 0 Å². The van der Waals surface area contributed by atoms with Gasteiger partial charge in [0.15, 0.2) is 0 Å². The molecule has 4 nitrogen and oxygen atoms in total. The molecule has 1 aliphatic rings. The summed E-state index contributed by atoms with van der Waals surface area (Å²) in [6.07, 6.45) is 12.1. The van der Waals surface area contributed by atoms with Gasteiger partial charge in [0.05, 0.1) is 0 Å². The number of hydrogen-bond donors (Lipinski definition) is 2. The summed E-state index contributed by atoms with van der Waals surface area (Å²) >= 11 is 0. The molecular formula is C15H28N2O2. The van der Waals surface area contributed by atoms with Crippen LogP contribution in [0, 0.1) is 5.41 Å². The molecule has 0 heterocycles. The van der Waals surface area contributed by atoms with Gasteiger partial charge in [-0.15, -0.1) is 0 Å². The summed E-state index contributed by atoms with van der Waals surface area (Å²) in [5.74, 6) is -0.309. The third-order valence-electron chi connectivity index (χ3n) is 4.41. The lowest BCUT2D eigenvalue weighted by atomic mass is 9.70. The van der Waals surface area contributed by atoms with E-state index in [4.69, 9.17) is 11.5 Å². The largest absolute Gasteiger partial charge is 0.370 e. The van der Waals surface area contributed by atoms with Crippen molar-refractivity contribution >= 4 is 11.8 Å². The van der Waals surface area contributed by atoms with Gasteiger partial charge >= 0.3 is 0 Å². The first kappa shape index (κ1) is 16.0. The molecule has 110 valence electrons. The molecule has 1 rings (SSSR count). The molecule has 1 aliphatic carbocycles. The summed E-state index contributed by atoms with van der Waals surface area (Å²) in [5.41, 5.74) is 10.5. The first-order valence-electron chi connectivity index (χ1n) is 7.65. The zero-order valence-corrected chi connectivity index (χ0v) is 12.0. The predicted molar refractivity (Wildman–Crippen MR) is 76.2 cm³/mol. The van der Waals surface area contributed by atoms with Crippen molar-refractivity contribution in [1.29, 1.82) is 0 Å². The Morgan fingerprint density at radius 2 is 1.42 bits per heavy atom. The summed E-state index contributed by atoms with van der Waals surface area (Å²) in [6, 6.07) is 0. The minimum Gasteiger partial charge on any atom is -0.370 e. The van der Waals surface area contributed by atoms with Crippen LogP contribution >= 0.6 is 0 Å². The number of amides is 2. The van der Waals surface area contributed by atoms with E-state index in [1.165, 1.54) is 6.42 Å². The van der Waals surface area contributed by atoms with E-state index in [0.29, 0.717) is 6.42 Å². The van der Waals surface area contributed by atoms with Gasteiger partial charge in [-0.25, -0.2) is 0 Å². The Balaban J connectivity index is 2.15. The smallest absolute Gasteiger partial charge is 0.223 e. The van der Waals surface area contributed by atoms with Gasteiger partial charge in [0.1, 0.15) is 0 Å². The summed E-state index contributed by atoms with van der Waals surface area (Å²) in [4.78, 5) is 22.3. The quantitative estimate of drug-likeness (QED) is 0.630. The molecule has 0 bridgehead atoms. The molecule has 1 fully saturated rings. The molecule has 0 aliphatic heterocycles. The average Bonchev–Trinajstić information content (AvgIpc) is 2.38. The standard InChI is InChI=1S/C15H28N2O2/c16-13(18)9-5-2-1-3-6-10-15(14(17)19)11-7-4-8-12-15/h1-12H2,(H2,16,18)(H2,17,19). The van der Waals surface area contributed by atoms with Crippen LogP contribution in [0.1, 0.15) is 77.0 Å². The molecule has 4 heteroatoms. The molecule has 0 saturated heterocycles. The van der Waals surface area contributed by atoms with Crippen LogP contribution in [-0.2, 0) is 9.59 Å². The van der Waals surface area contributed by atoms with Crippen LogP contribution in [0.25, 0.3) is 0 Å². The molecule has 0 atom stereocenters. The summed E-state index contributed by atoms with van der Waals surface area (Å²) in [7, 11) is 0. The van der Waals surface area contributed by atoms with Crippen LogP contribution in [0.5, 0.6) is 0 Å². The molecule has 0 aromatic carbocycles. The Bertz CT molecular complexity index is 297. The summed E-state index contributed by atoms with van der Waals surface area (Å²) in [5, 5.41) is 0. The molecule has 2 amide bonds. The topological polar surface area (TPSA) is 86.2 Å². The SMILES string of the molecule is NC(=O)CCCCCCCC1(C(N)=O)CCCCC1. The van der Waals surface area contributed by atoms with Crippen LogP contribution in [-0.4, -0.2) is 11.8 Å². The van der Waals surface area contributed by atoms with Crippen molar-refractivity contribution in [3.8, 4) is 0 Å². The number of hydrogen-bond acceptors (Lipinski definition) is 2. The fourth-order valence-corrected chi connectivity index (χ4v) is 3.14. The third-order valence-corrected chi connectivity index (χ3v) is 4.41. The van der Waals surface area contributed by atoms with Gasteiger partial charge < -0.3 is 11.5 Å². The lowest BCUT2D eigenvalue weighted by molar-refractivity contribution is -0.130. The van der Waals surface area contributed by atoms with E-state index in [2.05, 4.69) is 0 Å². The molecular weight excluding hydrogens is 240 g/mol. The highest BCUT2D eigenvalue weighted by Crippen LogP contribution is 2.40. The second kappa shape index (κ2) is 8.18. The normalized spacial score (nSPS) is 18.1. The number of primary amides is 2. The Morgan fingerprint density at radius 3 is 2.00 bits per heavy atom. The molecule has 1 saturated carbocycles. The predicted octanol–water partition coefficient (Wildman–Crippen LogP) is 2.64. The molecule has 4 N–H and O–H groups in total. The number of carbonyl (C=O) groups is 2. The first-order chi connectivity index (χ1) is 9.07. The molecule has 0 radical (unpaired) electrons. The maximum atomic E-state index is 11.7. The van der Waals surface area contributed by atoms with Crippen molar-refractivity contribution in [1.82, 2.24) is 0 Å². The lowest BCUT2D eigenvalue weighted by Gasteiger charge is -2.34. The number of rotatable bonds is 9. The van der Waals surface area contributed by atoms with Gasteiger partial charge in [-0.05, 0) is 25.7 Å². The van der Waals surface area contributed by atoms with E-state index in [0.717, 1.165) is 64.2 Å². The second-order valence-corrected chi connectivity index (χ2v) is 5.94. The highest BCUT2D eigenvalue weighted by atomic mass is 16.1. The van der Waals surface area contributed by atoms with Gasteiger partial charge in [0.25, 0.3) is 0 Å². The van der Waals surface area contributed by atoms with Gasteiger partial charge in [-0.1, -0.05) is 44.9 Å². The van der Waals surface area contributed by atoms with Crippen LogP contribution in [0.3, 0.4) is 0 Å². The number of nitrogens with two attached hydrogens (primary N) is 2. The third kappa shape index (κ3) is 5.62. The maximum Gasteiger partial charge on any atom is 0.223 e. The minimum atomic E-state index is -0.217. The van der Waals surface area contributed by atoms with E-state index < -0.39 is 0 Å². The minimum absolute atomic E-state index is 0.0964. The summed E-state index contributed by atoms with van der Waals surface area (Å²) in [6.45, 7) is 0. The fraction of sp³-hybridized carbons (Fsp3) is 0.867. The molecule has 0 unspecified atom stereocenters. The van der Waals surface area contributed by atoms with Crippen molar-refractivity contribution < 1.29 is 9.59 Å². The highest BCUT2D eigenvalue weighted by Gasteiger charge is 2.36. The Morgan fingerprint density at radius 1 is 0.842 bits per heavy atom. The van der Waals surface area contributed by atoms with Gasteiger partial charge in [-0.2, -0.15) is 0 Å². The van der Waals surface area contributed by atoms with Crippen molar-refractivity contribution in [2.75, 3.05) is 0 Å². The number of carbonyl (C=O) groups excluding carboxylic acids is 2. The molecule has 19 heavy (non-hydrogen) atoms. The van der Waals surface area contributed by atoms with Crippen molar-refractivity contribution in [3.05, 3.63) is 0 Å². The Hall–Kier alpha value is -1.06.